The van der Waals surface area contributed by atoms with Crippen LogP contribution in [0.1, 0.15) is 27.2 Å². The first-order valence-electron chi connectivity index (χ1n) is 6.31. The van der Waals surface area contributed by atoms with Crippen molar-refractivity contribution in [3.8, 4) is 0 Å². The Kier molecular flexibility index (Phi) is 4.92. The second kappa shape index (κ2) is 5.88. The fourth-order valence-electron chi connectivity index (χ4n) is 1.30. The van der Waals surface area contributed by atoms with Gasteiger partial charge in [-0.25, -0.2) is 17.7 Å². The molecule has 0 aliphatic carbocycles. The lowest BCUT2D eigenvalue weighted by atomic mass is 9.90. The van der Waals surface area contributed by atoms with E-state index in [1.54, 1.807) is 12.1 Å². The molecule has 0 saturated heterocycles. The lowest BCUT2D eigenvalue weighted by molar-refractivity contribution is 0.376. The normalized spacial score (nSPS) is 12.7. The van der Waals surface area contributed by atoms with Gasteiger partial charge in [0.2, 0.25) is 10.0 Å². The van der Waals surface area contributed by atoms with Gasteiger partial charge in [-0.15, -0.1) is 0 Å². The standard InChI is InChI=1S/C13H23N3O2S/c1-6-13(2,3)10-15-12-8-7-11(9-14-12)19(17,18)16(4)5/h7-9H,6,10H2,1-5H3,(H,14,15). The quantitative estimate of drug-likeness (QED) is 0.870. The largest absolute Gasteiger partial charge is 0.370 e. The molecule has 1 N–H and O–H groups in total. The highest BCUT2D eigenvalue weighted by atomic mass is 32.2. The van der Waals surface area contributed by atoms with Gasteiger partial charge in [0.1, 0.15) is 10.7 Å². The van der Waals surface area contributed by atoms with Crippen molar-refractivity contribution in [3.05, 3.63) is 18.3 Å². The van der Waals surface area contributed by atoms with Crippen molar-refractivity contribution in [1.29, 1.82) is 0 Å². The molecule has 0 saturated carbocycles. The molecule has 0 amide bonds. The van der Waals surface area contributed by atoms with Gasteiger partial charge in [-0.2, -0.15) is 0 Å². The number of aromatic nitrogens is 1. The van der Waals surface area contributed by atoms with Gasteiger partial charge in [0.15, 0.2) is 0 Å². The SMILES string of the molecule is CCC(C)(C)CNc1ccc(S(=O)(=O)N(C)C)cn1. The van der Waals surface area contributed by atoms with Crippen LogP contribution in [0.25, 0.3) is 0 Å². The summed E-state index contributed by atoms with van der Waals surface area (Å²) in [4.78, 5) is 4.35. The molecule has 108 valence electrons. The summed E-state index contributed by atoms with van der Waals surface area (Å²) in [5.74, 6) is 0.694. The number of nitrogens with one attached hydrogen (secondary N) is 1. The Balaban J connectivity index is 2.78. The predicted octanol–water partition coefficient (Wildman–Crippen LogP) is 2.18. The topological polar surface area (TPSA) is 62.3 Å². The number of pyridine rings is 1. The monoisotopic (exact) mass is 285 g/mol. The zero-order valence-electron chi connectivity index (χ0n) is 12.3. The van der Waals surface area contributed by atoms with E-state index >= 15 is 0 Å². The minimum atomic E-state index is -3.40. The van der Waals surface area contributed by atoms with E-state index in [2.05, 4.69) is 31.1 Å². The molecule has 5 nitrogen and oxygen atoms in total. The van der Waals surface area contributed by atoms with E-state index in [0.29, 0.717) is 5.82 Å². The summed E-state index contributed by atoms with van der Waals surface area (Å²) >= 11 is 0. The maximum Gasteiger partial charge on any atom is 0.244 e. The molecule has 0 fully saturated rings. The van der Waals surface area contributed by atoms with Gasteiger partial charge in [0.05, 0.1) is 0 Å². The summed E-state index contributed by atoms with van der Waals surface area (Å²) in [7, 11) is -0.388. The zero-order chi connectivity index (χ0) is 14.7. The van der Waals surface area contributed by atoms with E-state index in [9.17, 15) is 8.42 Å². The molecule has 0 atom stereocenters. The van der Waals surface area contributed by atoms with Crippen LogP contribution in [0.4, 0.5) is 5.82 Å². The second-order valence-corrected chi connectivity index (χ2v) is 7.69. The van der Waals surface area contributed by atoms with Gasteiger partial charge < -0.3 is 5.32 Å². The maximum atomic E-state index is 11.9. The second-order valence-electron chi connectivity index (χ2n) is 5.54. The number of anilines is 1. The number of hydrogen-bond acceptors (Lipinski definition) is 4. The molecule has 0 unspecified atom stereocenters. The van der Waals surface area contributed by atoms with Gasteiger partial charge in [-0.05, 0) is 24.0 Å². The van der Waals surface area contributed by atoms with E-state index in [4.69, 9.17) is 0 Å². The van der Waals surface area contributed by atoms with Crippen molar-refractivity contribution in [2.24, 2.45) is 5.41 Å². The minimum Gasteiger partial charge on any atom is -0.370 e. The first kappa shape index (κ1) is 15.9. The Labute approximate surface area is 116 Å². The molecular formula is C13H23N3O2S. The van der Waals surface area contributed by atoms with Crippen molar-refractivity contribution < 1.29 is 8.42 Å². The number of hydrogen-bond donors (Lipinski definition) is 1. The molecule has 1 heterocycles. The molecule has 0 aromatic carbocycles. The van der Waals surface area contributed by atoms with E-state index in [1.807, 2.05) is 0 Å². The molecule has 1 aromatic heterocycles. The lowest BCUT2D eigenvalue weighted by Crippen LogP contribution is -2.23. The van der Waals surface area contributed by atoms with Crippen molar-refractivity contribution >= 4 is 15.8 Å². The van der Waals surface area contributed by atoms with Crippen LogP contribution in [0, 0.1) is 5.41 Å². The van der Waals surface area contributed by atoms with Gasteiger partial charge in [-0.3, -0.25) is 0 Å². The van der Waals surface area contributed by atoms with Crippen LogP contribution in [0.3, 0.4) is 0 Å². The van der Waals surface area contributed by atoms with Crippen LogP contribution in [-0.4, -0.2) is 38.3 Å². The van der Waals surface area contributed by atoms with Crippen molar-refractivity contribution in [2.45, 2.75) is 32.1 Å². The van der Waals surface area contributed by atoms with Crippen LogP contribution in [0.15, 0.2) is 23.2 Å². The maximum absolute atomic E-state index is 11.9. The predicted molar refractivity (Wildman–Crippen MR) is 77.7 cm³/mol. The van der Waals surface area contributed by atoms with Crippen LogP contribution in [0.2, 0.25) is 0 Å². The van der Waals surface area contributed by atoms with Gasteiger partial charge in [0, 0.05) is 26.8 Å². The average Bonchev–Trinajstić information content (AvgIpc) is 2.37. The third-order valence-electron chi connectivity index (χ3n) is 3.22. The molecule has 0 aliphatic rings. The first-order chi connectivity index (χ1) is 8.69. The number of nitrogens with zero attached hydrogens (tertiary/aromatic N) is 2. The fraction of sp³-hybridized carbons (Fsp3) is 0.615. The van der Waals surface area contributed by atoms with Crippen molar-refractivity contribution in [2.75, 3.05) is 26.0 Å². The van der Waals surface area contributed by atoms with E-state index < -0.39 is 10.0 Å². The number of rotatable bonds is 6. The van der Waals surface area contributed by atoms with Crippen LogP contribution >= 0.6 is 0 Å². The molecule has 0 spiro atoms. The van der Waals surface area contributed by atoms with Crippen LogP contribution in [0.5, 0.6) is 0 Å². The van der Waals surface area contributed by atoms with E-state index in [1.165, 1.54) is 24.6 Å². The number of sulfonamides is 1. The van der Waals surface area contributed by atoms with Gasteiger partial charge in [-0.1, -0.05) is 20.8 Å². The van der Waals surface area contributed by atoms with Crippen LogP contribution in [-0.2, 0) is 10.0 Å². The zero-order valence-corrected chi connectivity index (χ0v) is 13.1. The molecule has 0 aliphatic heterocycles. The molecule has 0 bridgehead atoms. The first-order valence-corrected chi connectivity index (χ1v) is 7.75. The average molecular weight is 285 g/mol. The highest BCUT2D eigenvalue weighted by Gasteiger charge is 2.18. The summed E-state index contributed by atoms with van der Waals surface area (Å²) in [6.45, 7) is 7.29. The Morgan fingerprint density at radius 1 is 1.32 bits per heavy atom. The third kappa shape index (κ3) is 4.18. The molecule has 6 heteroatoms. The third-order valence-corrected chi connectivity index (χ3v) is 5.02. The summed E-state index contributed by atoms with van der Waals surface area (Å²) < 4.78 is 24.9. The molecule has 0 radical (unpaired) electrons. The highest BCUT2D eigenvalue weighted by Crippen LogP contribution is 2.20. The summed E-state index contributed by atoms with van der Waals surface area (Å²) in [6, 6.07) is 3.27. The molecule has 1 aromatic rings. The van der Waals surface area contributed by atoms with E-state index in [0.717, 1.165) is 13.0 Å². The lowest BCUT2D eigenvalue weighted by Gasteiger charge is -2.23. The Bertz CT molecular complexity index is 507. The van der Waals surface area contributed by atoms with Crippen molar-refractivity contribution in [3.63, 3.8) is 0 Å². The smallest absolute Gasteiger partial charge is 0.244 e. The molecule has 19 heavy (non-hydrogen) atoms. The Morgan fingerprint density at radius 2 is 1.95 bits per heavy atom. The van der Waals surface area contributed by atoms with Gasteiger partial charge in [0.25, 0.3) is 0 Å². The van der Waals surface area contributed by atoms with E-state index in [-0.39, 0.29) is 10.3 Å². The molecule has 1 rings (SSSR count). The van der Waals surface area contributed by atoms with Crippen LogP contribution < -0.4 is 5.32 Å². The Morgan fingerprint density at radius 3 is 2.37 bits per heavy atom. The minimum absolute atomic E-state index is 0.191. The Hall–Kier alpha value is -1.14. The summed E-state index contributed by atoms with van der Waals surface area (Å²) in [5.41, 5.74) is 0.191. The summed E-state index contributed by atoms with van der Waals surface area (Å²) in [6.07, 6.45) is 2.45. The van der Waals surface area contributed by atoms with Crippen molar-refractivity contribution in [1.82, 2.24) is 9.29 Å². The molecular weight excluding hydrogens is 262 g/mol. The summed E-state index contributed by atoms with van der Waals surface area (Å²) in [5, 5.41) is 3.22. The highest BCUT2D eigenvalue weighted by molar-refractivity contribution is 7.89. The van der Waals surface area contributed by atoms with Gasteiger partial charge >= 0.3 is 0 Å². The fourth-order valence-corrected chi connectivity index (χ4v) is 2.15.